The van der Waals surface area contributed by atoms with Crippen molar-refractivity contribution >= 4 is 10.0 Å². The van der Waals surface area contributed by atoms with Gasteiger partial charge in [0.05, 0.1) is 5.25 Å². The maximum Gasteiger partial charge on any atom is 0.212 e. The summed E-state index contributed by atoms with van der Waals surface area (Å²) >= 11 is 0. The van der Waals surface area contributed by atoms with Gasteiger partial charge in [-0.15, -0.1) is 0 Å². The summed E-state index contributed by atoms with van der Waals surface area (Å²) in [4.78, 5) is 2.24. The maximum atomic E-state index is 10.9. The lowest BCUT2D eigenvalue weighted by molar-refractivity contribution is 0.241. The van der Waals surface area contributed by atoms with Crippen LogP contribution in [-0.4, -0.2) is 38.2 Å². The molecule has 0 aliphatic carbocycles. The van der Waals surface area contributed by atoms with Crippen LogP contribution in [0.15, 0.2) is 0 Å². The largest absolute Gasteiger partial charge is 0.304 e. The second-order valence-corrected chi connectivity index (χ2v) is 5.07. The molecule has 1 saturated heterocycles. The highest BCUT2D eigenvalue weighted by atomic mass is 32.2. The Kier molecular flexibility index (Phi) is 3.09. The first-order valence-electron chi connectivity index (χ1n) is 4.28. The fourth-order valence-electron chi connectivity index (χ4n) is 1.55. The first-order valence-corrected chi connectivity index (χ1v) is 5.89. The molecule has 0 aromatic rings. The SMILES string of the molecule is CCN1CCC(S(N)(=O)=O)CC1. The van der Waals surface area contributed by atoms with Crippen LogP contribution in [0.5, 0.6) is 0 Å². The van der Waals surface area contributed by atoms with E-state index in [1.54, 1.807) is 0 Å². The van der Waals surface area contributed by atoms with Crippen molar-refractivity contribution in [1.82, 2.24) is 4.90 Å². The van der Waals surface area contributed by atoms with Crippen molar-refractivity contribution in [2.75, 3.05) is 19.6 Å². The molecule has 0 aromatic heterocycles. The average molecular weight is 192 g/mol. The third-order valence-corrected chi connectivity index (χ3v) is 3.85. The Labute approximate surface area is 73.8 Å². The summed E-state index contributed by atoms with van der Waals surface area (Å²) in [6, 6.07) is 0. The molecule has 1 aliphatic rings. The molecule has 0 saturated carbocycles. The summed E-state index contributed by atoms with van der Waals surface area (Å²) in [5.41, 5.74) is 0. The van der Waals surface area contributed by atoms with Crippen LogP contribution in [0.2, 0.25) is 0 Å². The van der Waals surface area contributed by atoms with Crippen LogP contribution in [0.4, 0.5) is 0 Å². The van der Waals surface area contributed by atoms with Crippen LogP contribution in [0.3, 0.4) is 0 Å². The predicted octanol–water partition coefficient (Wildman–Crippen LogP) is -0.241. The summed E-state index contributed by atoms with van der Waals surface area (Å²) in [7, 11) is -3.28. The quantitative estimate of drug-likeness (QED) is 0.656. The Morgan fingerprint density at radius 1 is 1.42 bits per heavy atom. The second-order valence-electron chi connectivity index (χ2n) is 3.22. The number of likely N-dealkylation sites (tertiary alicyclic amines) is 1. The highest BCUT2D eigenvalue weighted by Crippen LogP contribution is 2.14. The molecule has 4 nitrogen and oxygen atoms in total. The molecule has 0 atom stereocenters. The molecule has 1 fully saturated rings. The Bertz CT molecular complexity index is 230. The number of sulfonamides is 1. The van der Waals surface area contributed by atoms with Crippen LogP contribution >= 0.6 is 0 Å². The molecule has 1 rings (SSSR count). The summed E-state index contributed by atoms with van der Waals surface area (Å²) < 4.78 is 21.9. The highest BCUT2D eigenvalue weighted by Gasteiger charge is 2.26. The van der Waals surface area contributed by atoms with E-state index in [-0.39, 0.29) is 5.25 Å². The van der Waals surface area contributed by atoms with E-state index in [9.17, 15) is 8.42 Å². The molecule has 1 heterocycles. The molecule has 2 N–H and O–H groups in total. The summed E-state index contributed by atoms with van der Waals surface area (Å²) in [5, 5.41) is 4.75. The van der Waals surface area contributed by atoms with Gasteiger partial charge in [0.2, 0.25) is 10.0 Å². The van der Waals surface area contributed by atoms with Crippen molar-refractivity contribution in [2.45, 2.75) is 25.0 Å². The molecule has 0 spiro atoms. The smallest absolute Gasteiger partial charge is 0.212 e. The topological polar surface area (TPSA) is 63.4 Å². The van der Waals surface area contributed by atoms with Gasteiger partial charge in [-0.2, -0.15) is 0 Å². The Balaban J connectivity index is 2.47. The molecule has 0 aromatic carbocycles. The van der Waals surface area contributed by atoms with Gasteiger partial charge in [0, 0.05) is 0 Å². The minimum Gasteiger partial charge on any atom is -0.304 e. The lowest BCUT2D eigenvalue weighted by Crippen LogP contribution is -2.41. The number of nitrogens with two attached hydrogens (primary N) is 1. The number of primary sulfonamides is 1. The second kappa shape index (κ2) is 3.72. The van der Waals surface area contributed by atoms with Gasteiger partial charge in [0.1, 0.15) is 0 Å². The Morgan fingerprint density at radius 2 is 1.92 bits per heavy atom. The minimum absolute atomic E-state index is 0.305. The van der Waals surface area contributed by atoms with Gasteiger partial charge >= 0.3 is 0 Å². The molecule has 0 unspecified atom stereocenters. The molecule has 72 valence electrons. The van der Waals surface area contributed by atoms with E-state index >= 15 is 0 Å². The van der Waals surface area contributed by atoms with Gasteiger partial charge in [-0.1, -0.05) is 6.92 Å². The molecular formula is C7H16N2O2S. The molecule has 12 heavy (non-hydrogen) atoms. The van der Waals surface area contributed by atoms with E-state index in [4.69, 9.17) is 5.14 Å². The zero-order valence-corrected chi connectivity index (χ0v) is 8.18. The van der Waals surface area contributed by atoms with Gasteiger partial charge in [-0.05, 0) is 32.5 Å². The molecular weight excluding hydrogens is 176 g/mol. The van der Waals surface area contributed by atoms with Crippen molar-refractivity contribution in [1.29, 1.82) is 0 Å². The normalized spacial score (nSPS) is 22.8. The first kappa shape index (κ1) is 9.95. The zero-order chi connectivity index (χ0) is 9.19. The molecule has 0 radical (unpaired) electrons. The number of rotatable bonds is 2. The first-order chi connectivity index (χ1) is 5.54. The number of nitrogens with zero attached hydrogens (tertiary/aromatic N) is 1. The van der Waals surface area contributed by atoms with E-state index in [1.165, 1.54) is 0 Å². The van der Waals surface area contributed by atoms with Gasteiger partial charge in [-0.3, -0.25) is 0 Å². The van der Waals surface area contributed by atoms with Crippen molar-refractivity contribution < 1.29 is 8.42 Å². The van der Waals surface area contributed by atoms with Crippen LogP contribution < -0.4 is 5.14 Å². The average Bonchev–Trinajstić information content (AvgIpc) is 2.03. The molecule has 0 amide bonds. The standard InChI is InChI=1S/C7H16N2O2S/c1-2-9-5-3-7(4-6-9)12(8,10)11/h7H,2-6H2,1H3,(H2,8,10,11). The molecule has 5 heteroatoms. The Morgan fingerprint density at radius 3 is 2.25 bits per heavy atom. The highest BCUT2D eigenvalue weighted by molar-refractivity contribution is 7.89. The van der Waals surface area contributed by atoms with Gasteiger partial charge < -0.3 is 4.90 Å². The lowest BCUT2D eigenvalue weighted by atomic mass is 10.1. The summed E-state index contributed by atoms with van der Waals surface area (Å²) in [6.07, 6.45) is 1.37. The van der Waals surface area contributed by atoms with E-state index in [2.05, 4.69) is 11.8 Å². The number of hydrogen-bond donors (Lipinski definition) is 1. The van der Waals surface area contributed by atoms with E-state index < -0.39 is 10.0 Å². The number of hydrogen-bond acceptors (Lipinski definition) is 3. The van der Waals surface area contributed by atoms with Gasteiger partial charge in [-0.25, -0.2) is 13.6 Å². The van der Waals surface area contributed by atoms with Crippen molar-refractivity contribution in [3.63, 3.8) is 0 Å². The summed E-state index contributed by atoms with van der Waals surface area (Å²) in [6.45, 7) is 4.80. The third-order valence-electron chi connectivity index (χ3n) is 2.45. The van der Waals surface area contributed by atoms with E-state index in [1.807, 2.05) is 0 Å². The molecule has 0 bridgehead atoms. The van der Waals surface area contributed by atoms with Gasteiger partial charge in [0.25, 0.3) is 0 Å². The number of piperidine rings is 1. The van der Waals surface area contributed by atoms with Crippen molar-refractivity contribution in [2.24, 2.45) is 5.14 Å². The predicted molar refractivity (Wildman–Crippen MR) is 48.2 cm³/mol. The fourth-order valence-corrected chi connectivity index (χ4v) is 2.42. The van der Waals surface area contributed by atoms with Crippen LogP contribution in [0.25, 0.3) is 0 Å². The minimum atomic E-state index is -3.28. The maximum absolute atomic E-state index is 10.9. The van der Waals surface area contributed by atoms with Crippen LogP contribution in [0, 0.1) is 0 Å². The van der Waals surface area contributed by atoms with Gasteiger partial charge in [0.15, 0.2) is 0 Å². The zero-order valence-electron chi connectivity index (χ0n) is 7.36. The van der Waals surface area contributed by atoms with Crippen LogP contribution in [-0.2, 0) is 10.0 Å². The monoisotopic (exact) mass is 192 g/mol. The Hall–Kier alpha value is -0.130. The fraction of sp³-hybridized carbons (Fsp3) is 1.00. The lowest BCUT2D eigenvalue weighted by Gasteiger charge is -2.29. The van der Waals surface area contributed by atoms with E-state index in [0.717, 1.165) is 19.6 Å². The summed E-state index contributed by atoms with van der Waals surface area (Å²) in [5.74, 6) is 0. The molecule has 1 aliphatic heterocycles. The van der Waals surface area contributed by atoms with Crippen molar-refractivity contribution in [3.05, 3.63) is 0 Å². The van der Waals surface area contributed by atoms with Crippen LogP contribution in [0.1, 0.15) is 19.8 Å². The van der Waals surface area contributed by atoms with E-state index in [0.29, 0.717) is 12.8 Å². The third kappa shape index (κ3) is 2.43. The van der Waals surface area contributed by atoms with Crippen molar-refractivity contribution in [3.8, 4) is 0 Å².